The van der Waals surface area contributed by atoms with Crippen LogP contribution >= 0.6 is 0 Å². The van der Waals surface area contributed by atoms with Crippen molar-refractivity contribution in [1.82, 2.24) is 0 Å². The van der Waals surface area contributed by atoms with Gasteiger partial charge in [0.25, 0.3) is 0 Å². The number of nitrogens with one attached hydrogen (secondary N) is 1. The molecule has 5 nitrogen and oxygen atoms in total. The highest BCUT2D eigenvalue weighted by Crippen LogP contribution is 2.48. The van der Waals surface area contributed by atoms with Crippen molar-refractivity contribution in [1.29, 1.82) is 0 Å². The first kappa shape index (κ1) is 18.8. The van der Waals surface area contributed by atoms with Gasteiger partial charge in [-0.05, 0) is 60.7 Å². The third-order valence-corrected chi connectivity index (χ3v) is 4.42. The Kier molecular flexibility index (Phi) is 5.69. The van der Waals surface area contributed by atoms with Crippen molar-refractivity contribution in [3.05, 3.63) is 59.7 Å². The number of rotatable bonds is 8. The molecule has 1 fully saturated rings. The molecule has 2 aromatic carbocycles. The molecule has 2 unspecified atom stereocenters. The number of aliphatic carboxylic acids is 1. The molecule has 1 amide bonds. The number of hydrogen-bond donors (Lipinski definition) is 2. The van der Waals surface area contributed by atoms with Crippen LogP contribution in [0.3, 0.4) is 0 Å². The van der Waals surface area contributed by atoms with Crippen molar-refractivity contribution in [2.45, 2.75) is 25.2 Å². The van der Waals surface area contributed by atoms with Crippen LogP contribution in [0.5, 0.6) is 5.75 Å². The average Bonchev–Trinajstić information content (AvgIpc) is 3.43. The molecule has 0 spiro atoms. The number of halogens is 2. The lowest BCUT2D eigenvalue weighted by atomic mass is 10.1. The fourth-order valence-corrected chi connectivity index (χ4v) is 2.88. The fourth-order valence-electron chi connectivity index (χ4n) is 2.88. The zero-order valence-corrected chi connectivity index (χ0v) is 14.5. The summed E-state index contributed by atoms with van der Waals surface area (Å²) in [6.07, 6.45) is 1.07. The molecule has 0 saturated heterocycles. The third kappa shape index (κ3) is 5.03. The average molecular weight is 375 g/mol. The summed E-state index contributed by atoms with van der Waals surface area (Å²) >= 11 is 0. The molecule has 0 bridgehead atoms. The zero-order valence-electron chi connectivity index (χ0n) is 14.5. The second kappa shape index (κ2) is 8.16. The van der Waals surface area contributed by atoms with Crippen LogP contribution in [0.15, 0.2) is 42.5 Å². The van der Waals surface area contributed by atoms with E-state index >= 15 is 0 Å². The van der Waals surface area contributed by atoms with Gasteiger partial charge < -0.3 is 15.2 Å². The number of amides is 1. The first-order valence-corrected chi connectivity index (χ1v) is 8.64. The van der Waals surface area contributed by atoms with Crippen molar-refractivity contribution in [3.63, 3.8) is 0 Å². The molecule has 0 aromatic heterocycles. The van der Waals surface area contributed by atoms with Gasteiger partial charge in [0, 0.05) is 18.0 Å². The second-order valence-corrected chi connectivity index (χ2v) is 6.48. The van der Waals surface area contributed by atoms with E-state index in [1.807, 2.05) is 0 Å². The predicted molar refractivity (Wildman–Crippen MR) is 94.6 cm³/mol. The molecule has 7 heteroatoms. The number of carboxylic acids is 1. The van der Waals surface area contributed by atoms with Gasteiger partial charge >= 0.3 is 5.97 Å². The molecule has 2 aromatic rings. The monoisotopic (exact) mass is 375 g/mol. The van der Waals surface area contributed by atoms with Gasteiger partial charge in [0.15, 0.2) is 11.6 Å². The quantitative estimate of drug-likeness (QED) is 0.685. The van der Waals surface area contributed by atoms with Gasteiger partial charge in [0.2, 0.25) is 5.91 Å². The summed E-state index contributed by atoms with van der Waals surface area (Å²) in [6, 6.07) is 10.5. The van der Waals surface area contributed by atoms with E-state index in [9.17, 15) is 18.4 Å². The fraction of sp³-hybridized carbons (Fsp3) is 0.300. The van der Waals surface area contributed by atoms with Gasteiger partial charge in [0.1, 0.15) is 5.75 Å². The van der Waals surface area contributed by atoms with Gasteiger partial charge in [-0.15, -0.1) is 0 Å². The third-order valence-electron chi connectivity index (χ3n) is 4.42. The number of carboxylic acid groups (broad SMARTS) is 1. The normalized spacial score (nSPS) is 18.0. The van der Waals surface area contributed by atoms with Crippen LogP contribution in [0.1, 0.15) is 30.7 Å². The van der Waals surface area contributed by atoms with Crippen LogP contribution in [0.2, 0.25) is 0 Å². The number of benzene rings is 2. The molecule has 2 N–H and O–H groups in total. The summed E-state index contributed by atoms with van der Waals surface area (Å²) in [5.41, 5.74) is 1.23. The SMILES string of the molecule is O=C(O)CCCOc1ccc(NC(=O)C2CC2c2ccc(F)c(F)c2)cc1. The van der Waals surface area contributed by atoms with Crippen LogP contribution in [-0.2, 0) is 9.59 Å². The molecule has 1 aliphatic carbocycles. The Morgan fingerprint density at radius 1 is 1.11 bits per heavy atom. The van der Waals surface area contributed by atoms with E-state index in [2.05, 4.69) is 5.32 Å². The number of hydrogen-bond acceptors (Lipinski definition) is 3. The maximum absolute atomic E-state index is 13.3. The molecule has 1 aliphatic rings. The Balaban J connectivity index is 1.48. The van der Waals surface area contributed by atoms with Crippen molar-refractivity contribution in [2.75, 3.05) is 11.9 Å². The standard InChI is InChI=1S/C20H19F2NO4/c21-17-8-3-12(10-18(17)22)15-11-16(15)20(26)23-13-4-6-14(7-5-13)27-9-1-2-19(24)25/h3-8,10,15-16H,1-2,9,11H2,(H,23,26)(H,24,25). The van der Waals surface area contributed by atoms with E-state index in [1.165, 1.54) is 6.07 Å². The molecule has 0 radical (unpaired) electrons. The minimum Gasteiger partial charge on any atom is -0.494 e. The maximum Gasteiger partial charge on any atom is 0.303 e. The maximum atomic E-state index is 13.3. The molecule has 2 atom stereocenters. The van der Waals surface area contributed by atoms with E-state index in [0.717, 1.165) is 12.1 Å². The molecule has 1 saturated carbocycles. The van der Waals surface area contributed by atoms with Gasteiger partial charge in [-0.3, -0.25) is 9.59 Å². The van der Waals surface area contributed by atoms with Crippen molar-refractivity contribution in [2.24, 2.45) is 5.92 Å². The highest BCUT2D eigenvalue weighted by molar-refractivity contribution is 5.95. The van der Waals surface area contributed by atoms with Crippen LogP contribution in [-0.4, -0.2) is 23.6 Å². The predicted octanol–water partition coefficient (Wildman–Crippen LogP) is 3.95. The van der Waals surface area contributed by atoms with Crippen LogP contribution < -0.4 is 10.1 Å². The Bertz CT molecular complexity index is 838. The summed E-state index contributed by atoms with van der Waals surface area (Å²) in [6.45, 7) is 0.302. The number of ether oxygens (including phenoxy) is 1. The molecule has 3 rings (SSSR count). The first-order chi connectivity index (χ1) is 12.9. The summed E-state index contributed by atoms with van der Waals surface area (Å²) < 4.78 is 31.7. The largest absolute Gasteiger partial charge is 0.494 e. The number of carbonyl (C=O) groups excluding carboxylic acids is 1. The zero-order chi connectivity index (χ0) is 19.4. The smallest absolute Gasteiger partial charge is 0.303 e. The van der Waals surface area contributed by atoms with Gasteiger partial charge in [0.05, 0.1) is 6.61 Å². The first-order valence-electron chi connectivity index (χ1n) is 8.64. The molecule has 27 heavy (non-hydrogen) atoms. The topological polar surface area (TPSA) is 75.6 Å². The molecular weight excluding hydrogens is 356 g/mol. The summed E-state index contributed by atoms with van der Waals surface area (Å²) in [5, 5.41) is 11.4. The Hall–Kier alpha value is -2.96. The van der Waals surface area contributed by atoms with Crippen LogP contribution in [0, 0.1) is 17.6 Å². The van der Waals surface area contributed by atoms with Crippen molar-refractivity contribution in [3.8, 4) is 5.75 Å². The second-order valence-electron chi connectivity index (χ2n) is 6.48. The van der Waals surface area contributed by atoms with Crippen LogP contribution in [0.4, 0.5) is 14.5 Å². The summed E-state index contributed by atoms with van der Waals surface area (Å²) in [7, 11) is 0. The van der Waals surface area contributed by atoms with Gasteiger partial charge in [-0.25, -0.2) is 8.78 Å². The summed E-state index contributed by atoms with van der Waals surface area (Å²) in [4.78, 5) is 22.7. The highest BCUT2D eigenvalue weighted by Gasteiger charge is 2.44. The minimum absolute atomic E-state index is 0.0502. The van der Waals surface area contributed by atoms with Crippen molar-refractivity contribution >= 4 is 17.6 Å². The van der Waals surface area contributed by atoms with E-state index in [0.29, 0.717) is 36.4 Å². The molecule has 0 aliphatic heterocycles. The molecule has 142 valence electrons. The van der Waals surface area contributed by atoms with E-state index in [-0.39, 0.29) is 24.2 Å². The number of anilines is 1. The molecule has 0 heterocycles. The number of carbonyl (C=O) groups is 2. The molecular formula is C20H19F2NO4. The van der Waals surface area contributed by atoms with Gasteiger partial charge in [-0.2, -0.15) is 0 Å². The summed E-state index contributed by atoms with van der Waals surface area (Å²) in [5.74, 6) is -2.61. The van der Waals surface area contributed by atoms with Crippen molar-refractivity contribution < 1.29 is 28.2 Å². The lowest BCUT2D eigenvalue weighted by Gasteiger charge is -2.08. The van der Waals surface area contributed by atoms with Crippen LogP contribution in [0.25, 0.3) is 0 Å². The Labute approximate surface area is 155 Å². The minimum atomic E-state index is -0.905. The Morgan fingerprint density at radius 2 is 1.85 bits per heavy atom. The Morgan fingerprint density at radius 3 is 2.52 bits per heavy atom. The lowest BCUT2D eigenvalue weighted by Crippen LogP contribution is -2.14. The van der Waals surface area contributed by atoms with Gasteiger partial charge in [-0.1, -0.05) is 6.07 Å². The van der Waals surface area contributed by atoms with E-state index in [4.69, 9.17) is 9.84 Å². The van der Waals surface area contributed by atoms with E-state index in [1.54, 1.807) is 24.3 Å². The lowest BCUT2D eigenvalue weighted by molar-refractivity contribution is -0.137. The highest BCUT2D eigenvalue weighted by atomic mass is 19.2. The van der Waals surface area contributed by atoms with E-state index < -0.39 is 17.6 Å².